The number of pyridine rings is 1. The average Bonchev–Trinajstić information content (AvgIpc) is 3.16. The van der Waals surface area contributed by atoms with Crippen molar-refractivity contribution >= 4 is 0 Å². The summed E-state index contributed by atoms with van der Waals surface area (Å²) in [6.07, 6.45) is 3.77. The van der Waals surface area contributed by atoms with Gasteiger partial charge in [-0.2, -0.15) is 0 Å². The molecule has 0 saturated heterocycles. The minimum atomic E-state index is -0.354. The first-order valence-electron chi connectivity index (χ1n) is 10.6. The first-order valence-corrected chi connectivity index (χ1v) is 10.6. The van der Waals surface area contributed by atoms with Gasteiger partial charge in [-0.05, 0) is 56.6 Å². The first kappa shape index (κ1) is 17.9. The molecule has 1 heteroatoms. The van der Waals surface area contributed by atoms with E-state index < -0.39 is 0 Å². The molecule has 4 aromatic carbocycles. The third kappa shape index (κ3) is 2.60. The fourth-order valence-corrected chi connectivity index (χ4v) is 5.16. The lowest BCUT2D eigenvalue weighted by molar-refractivity contribution is 0.769. The van der Waals surface area contributed by atoms with E-state index in [1.165, 1.54) is 38.9 Å². The number of hydrogen-bond acceptors (Lipinski definition) is 1. The van der Waals surface area contributed by atoms with Crippen molar-refractivity contribution in [2.24, 2.45) is 0 Å². The molecule has 0 fully saturated rings. The molecule has 1 heterocycles. The van der Waals surface area contributed by atoms with Crippen LogP contribution in [0.4, 0.5) is 0 Å². The maximum absolute atomic E-state index is 4.35. The predicted molar refractivity (Wildman–Crippen MR) is 127 cm³/mol. The number of aromatic nitrogens is 1. The number of benzene rings is 4. The predicted octanol–water partition coefficient (Wildman–Crippen LogP) is 7.11. The largest absolute Gasteiger partial charge is 0.264 e. The van der Waals surface area contributed by atoms with E-state index in [2.05, 4.69) is 114 Å². The van der Waals surface area contributed by atoms with E-state index in [1.54, 1.807) is 0 Å². The van der Waals surface area contributed by atoms with Crippen molar-refractivity contribution in [3.63, 3.8) is 0 Å². The van der Waals surface area contributed by atoms with Crippen LogP contribution in [0.5, 0.6) is 0 Å². The number of hydrogen-bond donors (Lipinski definition) is 0. The van der Waals surface area contributed by atoms with Crippen LogP contribution in [0.25, 0.3) is 22.3 Å². The van der Waals surface area contributed by atoms with Gasteiger partial charge in [0, 0.05) is 12.4 Å². The van der Waals surface area contributed by atoms with E-state index in [0.29, 0.717) is 0 Å². The molecule has 6 rings (SSSR count). The number of rotatable bonds is 3. The quantitative estimate of drug-likeness (QED) is 0.311. The summed E-state index contributed by atoms with van der Waals surface area (Å²) < 4.78 is 0. The van der Waals surface area contributed by atoms with Crippen LogP contribution in [0, 0.1) is 0 Å². The van der Waals surface area contributed by atoms with Crippen LogP contribution in [-0.4, -0.2) is 4.98 Å². The summed E-state index contributed by atoms with van der Waals surface area (Å²) in [5, 5.41) is 0. The maximum atomic E-state index is 4.35. The lowest BCUT2D eigenvalue weighted by atomic mass is 9.67. The standard InChI is InChI=1S/C30H21N/c1-3-11-24(12-4-1)30(25-13-5-2-6-14-25)28-16-8-7-15-26(28)27-18-17-22(20-29(27)30)23-10-9-19-31-21-23/h1-21H. The van der Waals surface area contributed by atoms with Gasteiger partial charge in [0.15, 0.2) is 0 Å². The van der Waals surface area contributed by atoms with Gasteiger partial charge in [0.2, 0.25) is 0 Å². The van der Waals surface area contributed by atoms with Crippen molar-refractivity contribution < 1.29 is 0 Å². The maximum Gasteiger partial charge on any atom is 0.0713 e. The summed E-state index contributed by atoms with van der Waals surface area (Å²) in [7, 11) is 0. The summed E-state index contributed by atoms with van der Waals surface area (Å²) in [6.45, 7) is 0. The molecule has 0 N–H and O–H groups in total. The Balaban J connectivity index is 1.74. The van der Waals surface area contributed by atoms with Crippen molar-refractivity contribution in [1.29, 1.82) is 0 Å². The molecule has 1 aliphatic rings. The lowest BCUT2D eigenvalue weighted by Crippen LogP contribution is -2.28. The summed E-state index contributed by atoms with van der Waals surface area (Å²) in [5.41, 5.74) is 9.82. The molecule has 5 aromatic rings. The SMILES string of the molecule is c1ccc(C2(c3ccccc3)c3ccccc3-c3ccc(-c4cccnc4)cc32)cc1. The Morgan fingerprint density at radius 3 is 1.81 bits per heavy atom. The van der Waals surface area contributed by atoms with Gasteiger partial charge in [0.25, 0.3) is 0 Å². The summed E-state index contributed by atoms with van der Waals surface area (Å²) in [4.78, 5) is 4.35. The second-order valence-electron chi connectivity index (χ2n) is 8.03. The highest BCUT2D eigenvalue weighted by Crippen LogP contribution is 2.56. The van der Waals surface area contributed by atoms with Gasteiger partial charge < -0.3 is 0 Å². The molecular formula is C30H21N. The van der Waals surface area contributed by atoms with Crippen LogP contribution in [0.1, 0.15) is 22.3 Å². The second-order valence-corrected chi connectivity index (χ2v) is 8.03. The fraction of sp³-hybridized carbons (Fsp3) is 0.0333. The molecule has 0 amide bonds. The van der Waals surface area contributed by atoms with E-state index in [9.17, 15) is 0 Å². The Morgan fingerprint density at radius 2 is 1.13 bits per heavy atom. The van der Waals surface area contributed by atoms with Crippen LogP contribution in [0.2, 0.25) is 0 Å². The van der Waals surface area contributed by atoms with Gasteiger partial charge in [-0.1, -0.05) is 103 Å². The van der Waals surface area contributed by atoms with Crippen LogP contribution >= 0.6 is 0 Å². The van der Waals surface area contributed by atoms with E-state index in [0.717, 1.165) is 5.56 Å². The van der Waals surface area contributed by atoms with Crippen molar-refractivity contribution in [1.82, 2.24) is 4.98 Å². The monoisotopic (exact) mass is 395 g/mol. The topological polar surface area (TPSA) is 12.9 Å². The molecule has 0 spiro atoms. The Kier molecular flexibility index (Phi) is 4.07. The highest BCUT2D eigenvalue weighted by atomic mass is 14.6. The minimum Gasteiger partial charge on any atom is -0.264 e. The zero-order valence-electron chi connectivity index (χ0n) is 17.1. The second kappa shape index (κ2) is 7.07. The number of nitrogens with zero attached hydrogens (tertiary/aromatic N) is 1. The molecular weight excluding hydrogens is 374 g/mol. The molecule has 1 nitrogen and oxygen atoms in total. The average molecular weight is 396 g/mol. The van der Waals surface area contributed by atoms with Gasteiger partial charge in [-0.3, -0.25) is 4.98 Å². The summed E-state index contributed by atoms with van der Waals surface area (Å²) in [5.74, 6) is 0. The molecule has 31 heavy (non-hydrogen) atoms. The van der Waals surface area contributed by atoms with Crippen molar-refractivity contribution in [2.75, 3.05) is 0 Å². The minimum absolute atomic E-state index is 0.354. The van der Waals surface area contributed by atoms with Gasteiger partial charge in [-0.25, -0.2) is 0 Å². The molecule has 1 aliphatic carbocycles. The molecule has 0 atom stereocenters. The van der Waals surface area contributed by atoms with Crippen molar-refractivity contribution in [2.45, 2.75) is 5.41 Å². The molecule has 1 aromatic heterocycles. The fourth-order valence-electron chi connectivity index (χ4n) is 5.16. The van der Waals surface area contributed by atoms with Gasteiger partial charge in [0.1, 0.15) is 0 Å². The third-order valence-electron chi connectivity index (χ3n) is 6.45. The molecule has 0 unspecified atom stereocenters. The van der Waals surface area contributed by atoms with Gasteiger partial charge in [0.05, 0.1) is 5.41 Å². The van der Waals surface area contributed by atoms with E-state index in [-0.39, 0.29) is 5.41 Å². The summed E-state index contributed by atoms with van der Waals surface area (Å²) >= 11 is 0. The highest BCUT2D eigenvalue weighted by Gasteiger charge is 2.45. The van der Waals surface area contributed by atoms with E-state index >= 15 is 0 Å². The van der Waals surface area contributed by atoms with Crippen LogP contribution in [0.3, 0.4) is 0 Å². The Hall–Kier alpha value is -3.97. The number of fused-ring (bicyclic) bond motifs is 3. The van der Waals surface area contributed by atoms with Crippen molar-refractivity contribution in [3.05, 3.63) is 150 Å². The van der Waals surface area contributed by atoms with Gasteiger partial charge in [-0.15, -0.1) is 0 Å². The van der Waals surface area contributed by atoms with E-state index in [4.69, 9.17) is 0 Å². The van der Waals surface area contributed by atoms with Crippen LogP contribution in [0.15, 0.2) is 128 Å². The smallest absolute Gasteiger partial charge is 0.0713 e. The molecule has 0 bridgehead atoms. The normalized spacial score (nSPS) is 13.4. The molecule has 0 saturated carbocycles. The Labute approximate surface area is 182 Å². The highest BCUT2D eigenvalue weighted by molar-refractivity contribution is 5.88. The van der Waals surface area contributed by atoms with Crippen LogP contribution < -0.4 is 0 Å². The Morgan fingerprint density at radius 1 is 0.484 bits per heavy atom. The van der Waals surface area contributed by atoms with E-state index in [1.807, 2.05) is 18.5 Å². The molecule has 0 aliphatic heterocycles. The summed E-state index contributed by atoms with van der Waals surface area (Å²) in [6, 6.07) is 41.6. The van der Waals surface area contributed by atoms with Crippen molar-refractivity contribution in [3.8, 4) is 22.3 Å². The first-order chi connectivity index (χ1) is 15.4. The zero-order chi connectivity index (χ0) is 20.7. The zero-order valence-corrected chi connectivity index (χ0v) is 17.1. The van der Waals surface area contributed by atoms with Gasteiger partial charge >= 0.3 is 0 Å². The molecule has 146 valence electrons. The lowest BCUT2D eigenvalue weighted by Gasteiger charge is -2.34. The molecule has 0 radical (unpaired) electrons. The third-order valence-corrected chi connectivity index (χ3v) is 6.45. The van der Waals surface area contributed by atoms with Crippen LogP contribution in [-0.2, 0) is 5.41 Å². The Bertz CT molecular complexity index is 1320.